The second-order valence-electron chi connectivity index (χ2n) is 6.08. The van der Waals surface area contributed by atoms with Crippen molar-refractivity contribution >= 4 is 40.9 Å². The second-order valence-corrected chi connectivity index (χ2v) is 6.86. The zero-order chi connectivity index (χ0) is 19.3. The van der Waals surface area contributed by atoms with E-state index in [1.807, 2.05) is 65.4 Å². The standard InChI is InChI=1S/C21H17N5OS/c22-18-7-6-16(17-9-11-28-14-17)12-19(18)23-21(27)20-13-26(25-24-20)10-8-15-4-2-1-3-5-15/h1-14H,22H2,(H,23,27)/b10-8+. The van der Waals surface area contributed by atoms with Crippen molar-refractivity contribution < 1.29 is 4.79 Å². The zero-order valence-electron chi connectivity index (χ0n) is 14.8. The number of aromatic nitrogens is 3. The lowest BCUT2D eigenvalue weighted by Crippen LogP contribution is -2.13. The maximum atomic E-state index is 12.5. The predicted octanol–water partition coefficient (Wildman–Crippen LogP) is 4.47. The Morgan fingerprint density at radius 3 is 2.75 bits per heavy atom. The van der Waals surface area contributed by atoms with E-state index in [1.54, 1.807) is 29.8 Å². The molecule has 6 nitrogen and oxygen atoms in total. The number of anilines is 2. The van der Waals surface area contributed by atoms with Crippen LogP contribution < -0.4 is 11.1 Å². The smallest absolute Gasteiger partial charge is 0.277 e. The van der Waals surface area contributed by atoms with E-state index in [1.165, 1.54) is 4.68 Å². The summed E-state index contributed by atoms with van der Waals surface area (Å²) in [6.07, 6.45) is 5.19. The van der Waals surface area contributed by atoms with Gasteiger partial charge in [0.15, 0.2) is 5.69 Å². The van der Waals surface area contributed by atoms with E-state index in [-0.39, 0.29) is 11.6 Å². The highest BCUT2D eigenvalue weighted by Crippen LogP contribution is 2.28. The molecule has 7 heteroatoms. The SMILES string of the molecule is Nc1ccc(-c2ccsc2)cc1NC(=O)c1cn(/C=C/c2ccccc2)nn1. The van der Waals surface area contributed by atoms with Gasteiger partial charge in [0.1, 0.15) is 0 Å². The highest BCUT2D eigenvalue weighted by molar-refractivity contribution is 7.08. The van der Waals surface area contributed by atoms with Crippen molar-refractivity contribution in [1.29, 1.82) is 0 Å². The number of thiophene rings is 1. The number of nitrogens with zero attached hydrogens (tertiary/aromatic N) is 3. The third-order valence-corrected chi connectivity index (χ3v) is 4.80. The summed E-state index contributed by atoms with van der Waals surface area (Å²) in [4.78, 5) is 12.5. The van der Waals surface area contributed by atoms with Crippen molar-refractivity contribution in [1.82, 2.24) is 15.0 Å². The quantitative estimate of drug-likeness (QED) is 0.495. The maximum absolute atomic E-state index is 12.5. The van der Waals surface area contributed by atoms with Gasteiger partial charge >= 0.3 is 0 Å². The van der Waals surface area contributed by atoms with E-state index in [4.69, 9.17) is 5.73 Å². The van der Waals surface area contributed by atoms with Crippen LogP contribution in [0.5, 0.6) is 0 Å². The Morgan fingerprint density at radius 1 is 1.11 bits per heavy atom. The summed E-state index contributed by atoms with van der Waals surface area (Å²) in [5.41, 5.74) is 10.4. The fraction of sp³-hybridized carbons (Fsp3) is 0. The van der Waals surface area contributed by atoms with E-state index < -0.39 is 0 Å². The van der Waals surface area contributed by atoms with Crippen LogP contribution in [0.1, 0.15) is 16.1 Å². The van der Waals surface area contributed by atoms with Crippen LogP contribution in [-0.4, -0.2) is 20.9 Å². The Hall–Kier alpha value is -3.71. The van der Waals surface area contributed by atoms with Gasteiger partial charge in [-0.15, -0.1) is 5.10 Å². The molecule has 0 spiro atoms. The molecule has 0 aliphatic heterocycles. The summed E-state index contributed by atoms with van der Waals surface area (Å²) in [7, 11) is 0. The van der Waals surface area contributed by atoms with Crippen molar-refractivity contribution in [2.75, 3.05) is 11.1 Å². The molecule has 0 radical (unpaired) electrons. The Labute approximate surface area is 165 Å². The number of benzene rings is 2. The average molecular weight is 387 g/mol. The first-order chi connectivity index (χ1) is 13.7. The number of rotatable bonds is 5. The maximum Gasteiger partial charge on any atom is 0.277 e. The molecule has 4 rings (SSSR count). The molecule has 2 heterocycles. The first-order valence-corrected chi connectivity index (χ1v) is 9.52. The molecule has 0 bridgehead atoms. The van der Waals surface area contributed by atoms with E-state index in [9.17, 15) is 4.79 Å². The Bertz CT molecular complexity index is 1120. The Kier molecular flexibility index (Phi) is 4.99. The summed E-state index contributed by atoms with van der Waals surface area (Å²) < 4.78 is 1.49. The Balaban J connectivity index is 1.49. The van der Waals surface area contributed by atoms with Gasteiger partial charge in [-0.2, -0.15) is 11.3 Å². The molecule has 2 aromatic carbocycles. The summed E-state index contributed by atoms with van der Waals surface area (Å²) in [6, 6.07) is 17.4. The zero-order valence-corrected chi connectivity index (χ0v) is 15.6. The molecule has 3 N–H and O–H groups in total. The predicted molar refractivity (Wildman–Crippen MR) is 114 cm³/mol. The largest absolute Gasteiger partial charge is 0.397 e. The first kappa shape index (κ1) is 17.7. The van der Waals surface area contributed by atoms with Gasteiger partial charge in [-0.3, -0.25) is 4.79 Å². The molecule has 0 unspecified atom stereocenters. The number of hydrogen-bond acceptors (Lipinski definition) is 5. The van der Waals surface area contributed by atoms with Crippen LogP contribution in [0.2, 0.25) is 0 Å². The molecule has 2 aromatic heterocycles. The van der Waals surface area contributed by atoms with E-state index in [0.717, 1.165) is 16.7 Å². The van der Waals surface area contributed by atoms with Crippen LogP contribution in [0.25, 0.3) is 23.4 Å². The van der Waals surface area contributed by atoms with Crippen LogP contribution in [-0.2, 0) is 0 Å². The first-order valence-electron chi connectivity index (χ1n) is 8.57. The van der Waals surface area contributed by atoms with E-state index >= 15 is 0 Å². The van der Waals surface area contributed by atoms with Gasteiger partial charge in [0.2, 0.25) is 0 Å². The average Bonchev–Trinajstić information content (AvgIpc) is 3.41. The monoisotopic (exact) mass is 387 g/mol. The highest BCUT2D eigenvalue weighted by Gasteiger charge is 2.13. The molecule has 0 saturated heterocycles. The lowest BCUT2D eigenvalue weighted by atomic mass is 10.1. The van der Waals surface area contributed by atoms with Gasteiger partial charge in [-0.25, -0.2) is 4.68 Å². The molecule has 0 fully saturated rings. The molecular weight excluding hydrogens is 370 g/mol. The lowest BCUT2D eigenvalue weighted by Gasteiger charge is -2.09. The molecule has 0 saturated carbocycles. The lowest BCUT2D eigenvalue weighted by molar-refractivity contribution is 0.102. The number of carbonyl (C=O) groups is 1. The van der Waals surface area contributed by atoms with Crippen LogP contribution in [0.4, 0.5) is 11.4 Å². The number of nitrogen functional groups attached to an aromatic ring is 1. The van der Waals surface area contributed by atoms with Crippen molar-refractivity contribution in [3.8, 4) is 11.1 Å². The van der Waals surface area contributed by atoms with Gasteiger partial charge in [0.05, 0.1) is 17.6 Å². The van der Waals surface area contributed by atoms with Crippen molar-refractivity contribution in [2.24, 2.45) is 0 Å². The van der Waals surface area contributed by atoms with Gasteiger partial charge in [-0.05, 0) is 51.7 Å². The third kappa shape index (κ3) is 3.99. The van der Waals surface area contributed by atoms with Crippen molar-refractivity contribution in [3.05, 3.63) is 82.8 Å². The van der Waals surface area contributed by atoms with Crippen molar-refractivity contribution in [2.45, 2.75) is 0 Å². The number of hydrogen-bond donors (Lipinski definition) is 2. The fourth-order valence-electron chi connectivity index (χ4n) is 2.64. The molecule has 1 amide bonds. The molecule has 138 valence electrons. The van der Waals surface area contributed by atoms with Crippen LogP contribution in [0, 0.1) is 0 Å². The normalized spacial score (nSPS) is 11.0. The number of amides is 1. The summed E-state index contributed by atoms with van der Waals surface area (Å²) in [5.74, 6) is -0.367. The van der Waals surface area contributed by atoms with Gasteiger partial charge < -0.3 is 11.1 Å². The Morgan fingerprint density at radius 2 is 1.96 bits per heavy atom. The minimum absolute atomic E-state index is 0.207. The molecule has 28 heavy (non-hydrogen) atoms. The number of nitrogens with two attached hydrogens (primary N) is 1. The van der Waals surface area contributed by atoms with Crippen LogP contribution in [0.3, 0.4) is 0 Å². The summed E-state index contributed by atoms with van der Waals surface area (Å²) in [6.45, 7) is 0. The molecule has 4 aromatic rings. The number of nitrogens with one attached hydrogen (secondary N) is 1. The summed E-state index contributed by atoms with van der Waals surface area (Å²) >= 11 is 1.61. The highest BCUT2D eigenvalue weighted by atomic mass is 32.1. The molecule has 0 atom stereocenters. The molecular formula is C21H17N5OS. The number of carbonyl (C=O) groups excluding carboxylic acids is 1. The molecule has 0 aliphatic rings. The fourth-order valence-corrected chi connectivity index (χ4v) is 3.30. The van der Waals surface area contributed by atoms with E-state index in [2.05, 4.69) is 15.6 Å². The second kappa shape index (κ2) is 7.89. The molecule has 0 aliphatic carbocycles. The van der Waals surface area contributed by atoms with Crippen LogP contribution in [0.15, 0.2) is 71.6 Å². The van der Waals surface area contributed by atoms with E-state index in [0.29, 0.717) is 11.4 Å². The van der Waals surface area contributed by atoms with Gasteiger partial charge in [0.25, 0.3) is 5.91 Å². The topological polar surface area (TPSA) is 85.8 Å². The van der Waals surface area contributed by atoms with Gasteiger partial charge in [-0.1, -0.05) is 41.6 Å². The minimum atomic E-state index is -0.367. The third-order valence-electron chi connectivity index (χ3n) is 4.12. The van der Waals surface area contributed by atoms with Gasteiger partial charge in [0, 0.05) is 6.20 Å². The minimum Gasteiger partial charge on any atom is -0.397 e. The van der Waals surface area contributed by atoms with Crippen LogP contribution >= 0.6 is 11.3 Å². The van der Waals surface area contributed by atoms with Crippen molar-refractivity contribution in [3.63, 3.8) is 0 Å². The summed E-state index contributed by atoms with van der Waals surface area (Å²) in [5, 5.41) is 14.8.